The molecule has 0 unspecified atom stereocenters. The highest BCUT2D eigenvalue weighted by molar-refractivity contribution is 7.91. The van der Waals surface area contributed by atoms with Crippen molar-refractivity contribution in [1.29, 1.82) is 0 Å². The maximum absolute atomic E-state index is 13.0. The molecule has 4 N–H and O–H groups in total. The number of alkyl halides is 3. The number of nitrogens with one attached hydrogen (secondary N) is 2. The van der Waals surface area contributed by atoms with Crippen molar-refractivity contribution in [2.75, 3.05) is 18.0 Å². The fraction of sp³-hybridized carbons (Fsp3) is 0.440. The van der Waals surface area contributed by atoms with Crippen LogP contribution in [0.15, 0.2) is 47.4 Å². The van der Waals surface area contributed by atoms with Crippen LogP contribution in [0.2, 0.25) is 0 Å². The maximum Gasteiger partial charge on any atom is 0.416 e. The molecule has 1 saturated carbocycles. The molecule has 0 spiro atoms. The van der Waals surface area contributed by atoms with Gasteiger partial charge in [-0.05, 0) is 61.1 Å². The second-order valence-corrected chi connectivity index (χ2v) is 11.0. The summed E-state index contributed by atoms with van der Waals surface area (Å²) in [6, 6.07) is 8.76. The molecule has 0 saturated heterocycles. The van der Waals surface area contributed by atoms with E-state index < -0.39 is 46.0 Å². The van der Waals surface area contributed by atoms with Gasteiger partial charge in [-0.15, -0.1) is 0 Å². The fourth-order valence-corrected chi connectivity index (χ4v) is 6.06. The molecule has 1 aliphatic carbocycles. The van der Waals surface area contributed by atoms with Crippen LogP contribution in [0.1, 0.15) is 54.1 Å². The van der Waals surface area contributed by atoms with Gasteiger partial charge in [0.05, 0.1) is 28.3 Å². The van der Waals surface area contributed by atoms with Crippen molar-refractivity contribution in [1.82, 2.24) is 10.6 Å². The predicted octanol–water partition coefficient (Wildman–Crippen LogP) is 3.73. The minimum Gasteiger partial charge on any atom is -0.398 e. The zero-order valence-electron chi connectivity index (χ0n) is 19.9. The molecule has 1 aliphatic rings. The Hall–Kier alpha value is -3.08. The summed E-state index contributed by atoms with van der Waals surface area (Å²) < 4.78 is 64.8. The Morgan fingerprint density at radius 2 is 1.72 bits per heavy atom. The zero-order valence-corrected chi connectivity index (χ0v) is 20.7. The van der Waals surface area contributed by atoms with Gasteiger partial charge in [-0.2, -0.15) is 13.2 Å². The van der Waals surface area contributed by atoms with Crippen LogP contribution in [-0.2, 0) is 27.2 Å². The Morgan fingerprint density at radius 3 is 2.36 bits per heavy atom. The number of nitrogen functional groups attached to an aromatic ring is 1. The summed E-state index contributed by atoms with van der Waals surface area (Å²) in [6.45, 7) is 1.50. The first-order chi connectivity index (χ1) is 16.9. The molecule has 0 bridgehead atoms. The number of sulfone groups is 1. The third-order valence-electron chi connectivity index (χ3n) is 6.41. The highest BCUT2D eigenvalue weighted by Crippen LogP contribution is 2.31. The average molecular weight is 526 g/mol. The number of carbonyl (C=O) groups excluding carboxylic acids is 2. The minimum absolute atomic E-state index is 0.115. The van der Waals surface area contributed by atoms with Crippen molar-refractivity contribution in [3.8, 4) is 0 Å². The molecule has 3 rings (SSSR count). The molecule has 11 heteroatoms. The molecular weight excluding hydrogens is 495 g/mol. The van der Waals surface area contributed by atoms with E-state index in [2.05, 4.69) is 10.6 Å². The van der Waals surface area contributed by atoms with Crippen molar-refractivity contribution in [3.05, 3.63) is 59.2 Å². The van der Waals surface area contributed by atoms with E-state index >= 15 is 0 Å². The summed E-state index contributed by atoms with van der Waals surface area (Å²) in [5, 5.41) is 5.08. The lowest BCUT2D eigenvalue weighted by Crippen LogP contribution is -2.47. The van der Waals surface area contributed by atoms with E-state index in [0.717, 1.165) is 37.0 Å². The first-order valence-electron chi connectivity index (χ1n) is 11.8. The topological polar surface area (TPSA) is 118 Å². The smallest absolute Gasteiger partial charge is 0.398 e. The average Bonchev–Trinajstić information content (AvgIpc) is 2.83. The van der Waals surface area contributed by atoms with Crippen LogP contribution in [0.5, 0.6) is 0 Å². The first-order valence-corrected chi connectivity index (χ1v) is 13.4. The van der Waals surface area contributed by atoms with Crippen LogP contribution < -0.4 is 16.4 Å². The molecule has 2 aromatic carbocycles. The van der Waals surface area contributed by atoms with Crippen molar-refractivity contribution in [3.63, 3.8) is 0 Å². The van der Waals surface area contributed by atoms with Crippen LogP contribution in [0.3, 0.4) is 0 Å². The lowest BCUT2D eigenvalue weighted by Gasteiger charge is -2.32. The van der Waals surface area contributed by atoms with E-state index in [1.807, 2.05) is 6.92 Å². The van der Waals surface area contributed by atoms with E-state index in [-0.39, 0.29) is 27.8 Å². The molecule has 36 heavy (non-hydrogen) atoms. The van der Waals surface area contributed by atoms with Crippen LogP contribution in [0, 0.1) is 5.92 Å². The van der Waals surface area contributed by atoms with Gasteiger partial charge in [-0.25, -0.2) is 8.42 Å². The number of aryl methyl sites for hydroxylation is 1. The number of amides is 2. The highest BCUT2D eigenvalue weighted by atomic mass is 32.2. The molecule has 0 radical (unpaired) electrons. The van der Waals surface area contributed by atoms with E-state index in [0.29, 0.717) is 18.9 Å². The molecule has 196 valence electrons. The number of halogens is 3. The number of carbonyl (C=O) groups is 2. The quantitative estimate of drug-likeness (QED) is 0.454. The lowest BCUT2D eigenvalue weighted by atomic mass is 9.86. The van der Waals surface area contributed by atoms with E-state index in [1.165, 1.54) is 0 Å². The summed E-state index contributed by atoms with van der Waals surface area (Å²) in [6.07, 6.45) is -0.964. The molecule has 0 aromatic heterocycles. The molecular formula is C25H30F3N3O4S. The fourth-order valence-electron chi connectivity index (χ4n) is 4.35. The Bertz CT molecular complexity index is 1200. The summed E-state index contributed by atoms with van der Waals surface area (Å²) >= 11 is 0. The SMILES string of the molecule is CCc1ccc(S(=O)(=O)C[C@@H]2CCCC[C@@H]2NC(=O)CNC(=O)c2cc(C(F)(F)F)ccc2N)cc1. The van der Waals surface area contributed by atoms with Gasteiger partial charge in [0.25, 0.3) is 5.91 Å². The van der Waals surface area contributed by atoms with Crippen molar-refractivity contribution in [2.45, 2.75) is 56.1 Å². The first kappa shape index (κ1) is 27.5. The van der Waals surface area contributed by atoms with Crippen molar-refractivity contribution < 1.29 is 31.2 Å². The van der Waals surface area contributed by atoms with Gasteiger partial charge >= 0.3 is 6.18 Å². The molecule has 0 aliphatic heterocycles. The Morgan fingerprint density at radius 1 is 1.06 bits per heavy atom. The Labute approximate surface area is 208 Å². The predicted molar refractivity (Wildman–Crippen MR) is 130 cm³/mol. The molecule has 1 fully saturated rings. The van der Waals surface area contributed by atoms with Crippen LogP contribution >= 0.6 is 0 Å². The summed E-state index contributed by atoms with van der Waals surface area (Å²) in [5.74, 6) is -1.88. The molecule has 2 atom stereocenters. The third-order valence-corrected chi connectivity index (χ3v) is 8.27. The van der Waals surface area contributed by atoms with Gasteiger partial charge in [0.2, 0.25) is 5.91 Å². The highest BCUT2D eigenvalue weighted by Gasteiger charge is 2.33. The molecule has 2 aromatic rings. The third kappa shape index (κ3) is 6.99. The van der Waals surface area contributed by atoms with Gasteiger partial charge in [0.15, 0.2) is 9.84 Å². The van der Waals surface area contributed by atoms with Crippen LogP contribution in [0.4, 0.5) is 18.9 Å². The number of nitrogens with two attached hydrogens (primary N) is 1. The van der Waals surface area contributed by atoms with Crippen LogP contribution in [0.25, 0.3) is 0 Å². The second-order valence-electron chi connectivity index (χ2n) is 8.98. The van der Waals surface area contributed by atoms with Crippen molar-refractivity contribution >= 4 is 27.3 Å². The monoisotopic (exact) mass is 525 g/mol. The van der Waals surface area contributed by atoms with Gasteiger partial charge in [-0.3, -0.25) is 9.59 Å². The molecule has 7 nitrogen and oxygen atoms in total. The van der Waals surface area contributed by atoms with Crippen molar-refractivity contribution in [2.24, 2.45) is 5.92 Å². The number of hydrogen-bond donors (Lipinski definition) is 3. The number of anilines is 1. The Balaban J connectivity index is 1.61. The molecule has 0 heterocycles. The maximum atomic E-state index is 13.0. The number of benzene rings is 2. The largest absolute Gasteiger partial charge is 0.416 e. The minimum atomic E-state index is -4.64. The van der Waals surface area contributed by atoms with E-state index in [4.69, 9.17) is 5.73 Å². The van der Waals surface area contributed by atoms with Gasteiger partial charge in [0.1, 0.15) is 0 Å². The standard InChI is InChI=1S/C25H30F3N3O4S/c1-2-16-7-10-19(11-8-16)36(34,35)15-17-5-3-4-6-22(17)31-23(32)14-30-24(33)20-13-18(25(26,27)28)9-12-21(20)29/h7-13,17,22H,2-6,14-15,29H2,1H3,(H,30,33)(H,31,32)/t17-,22-/m0/s1. The summed E-state index contributed by atoms with van der Waals surface area (Å²) in [5.41, 5.74) is 5.12. The van der Waals surface area contributed by atoms with Gasteiger partial charge < -0.3 is 16.4 Å². The van der Waals surface area contributed by atoms with Gasteiger partial charge in [0, 0.05) is 11.7 Å². The normalized spacial score (nSPS) is 18.4. The zero-order chi connectivity index (χ0) is 26.5. The second kappa shape index (κ2) is 11.3. The summed E-state index contributed by atoms with van der Waals surface area (Å²) in [4.78, 5) is 25.1. The lowest BCUT2D eigenvalue weighted by molar-refractivity contribution is -0.137. The van der Waals surface area contributed by atoms with Crippen LogP contribution in [-0.4, -0.2) is 38.6 Å². The summed E-state index contributed by atoms with van der Waals surface area (Å²) in [7, 11) is -3.56. The molecule has 2 amide bonds. The van der Waals surface area contributed by atoms with Gasteiger partial charge in [-0.1, -0.05) is 31.9 Å². The number of rotatable bonds is 8. The van der Waals surface area contributed by atoms with E-state index in [9.17, 15) is 31.2 Å². The number of hydrogen-bond acceptors (Lipinski definition) is 5. The van der Waals surface area contributed by atoms with E-state index in [1.54, 1.807) is 24.3 Å². The Kier molecular flexibility index (Phi) is 8.65.